The molecule has 5 heteroatoms. The normalized spacial score (nSPS) is 10.8. The van der Waals surface area contributed by atoms with Crippen LogP contribution in [-0.4, -0.2) is 13.1 Å². The number of aryl methyl sites for hydroxylation is 2. The van der Waals surface area contributed by atoms with Gasteiger partial charge < -0.3 is 13.9 Å². The summed E-state index contributed by atoms with van der Waals surface area (Å²) in [7, 11) is 1.54. The van der Waals surface area contributed by atoms with Crippen molar-refractivity contribution in [3.8, 4) is 11.5 Å². The minimum atomic E-state index is -0.513. The Morgan fingerprint density at radius 1 is 0.935 bits per heavy atom. The second-order valence-corrected chi connectivity index (χ2v) is 7.34. The summed E-state index contributed by atoms with van der Waals surface area (Å²) in [6.07, 6.45) is 0.497. The van der Waals surface area contributed by atoms with E-state index in [1.54, 1.807) is 37.3 Å². The van der Waals surface area contributed by atoms with E-state index in [4.69, 9.17) is 13.9 Å². The molecule has 0 aliphatic rings. The molecule has 0 atom stereocenters. The monoisotopic (exact) mass is 414 g/mol. The van der Waals surface area contributed by atoms with Crippen molar-refractivity contribution in [1.82, 2.24) is 0 Å². The standard InChI is InChI=1S/C26H22O5/c1-16-21-12-13-23(30-25(27)19-10-7-11-20(15-19)29-3)17(2)24(21)31-26(28)22(16)14-18-8-5-4-6-9-18/h4-13,15H,14H2,1-3H3. The van der Waals surface area contributed by atoms with Gasteiger partial charge in [-0.25, -0.2) is 9.59 Å². The van der Waals surface area contributed by atoms with E-state index >= 15 is 0 Å². The maximum Gasteiger partial charge on any atom is 0.343 e. The lowest BCUT2D eigenvalue weighted by Gasteiger charge is -2.13. The highest BCUT2D eigenvalue weighted by Gasteiger charge is 2.18. The van der Waals surface area contributed by atoms with Crippen molar-refractivity contribution in [1.29, 1.82) is 0 Å². The highest BCUT2D eigenvalue weighted by Crippen LogP contribution is 2.30. The van der Waals surface area contributed by atoms with E-state index in [1.807, 2.05) is 43.3 Å². The van der Waals surface area contributed by atoms with Crippen molar-refractivity contribution < 1.29 is 18.7 Å². The fourth-order valence-corrected chi connectivity index (χ4v) is 3.59. The fraction of sp³-hybridized carbons (Fsp3) is 0.154. The smallest absolute Gasteiger partial charge is 0.343 e. The number of fused-ring (bicyclic) bond motifs is 1. The molecule has 5 nitrogen and oxygen atoms in total. The van der Waals surface area contributed by atoms with Crippen LogP contribution < -0.4 is 15.1 Å². The summed E-state index contributed by atoms with van der Waals surface area (Å²) in [6.45, 7) is 3.69. The Kier molecular flexibility index (Phi) is 5.58. The summed E-state index contributed by atoms with van der Waals surface area (Å²) in [5.41, 5.74) is 3.54. The van der Waals surface area contributed by atoms with E-state index in [0.717, 1.165) is 16.5 Å². The topological polar surface area (TPSA) is 65.7 Å². The molecule has 3 aromatic carbocycles. The van der Waals surface area contributed by atoms with E-state index in [0.29, 0.717) is 40.2 Å². The predicted octanol–water partition coefficient (Wildman–Crippen LogP) is 5.23. The van der Waals surface area contributed by atoms with E-state index in [9.17, 15) is 9.59 Å². The molecule has 156 valence electrons. The summed E-state index contributed by atoms with van der Waals surface area (Å²) in [5.74, 6) is 0.400. The highest BCUT2D eigenvalue weighted by molar-refractivity contribution is 5.93. The van der Waals surface area contributed by atoms with Crippen LogP contribution in [0.1, 0.15) is 32.6 Å². The molecule has 0 aliphatic heterocycles. The summed E-state index contributed by atoms with van der Waals surface area (Å²) < 4.78 is 16.4. The van der Waals surface area contributed by atoms with Crippen LogP contribution in [0.4, 0.5) is 0 Å². The van der Waals surface area contributed by atoms with Crippen molar-refractivity contribution in [2.45, 2.75) is 20.3 Å². The molecule has 0 saturated carbocycles. The lowest BCUT2D eigenvalue weighted by molar-refractivity contribution is 0.0733. The number of methoxy groups -OCH3 is 1. The van der Waals surface area contributed by atoms with Crippen molar-refractivity contribution in [2.24, 2.45) is 0 Å². The number of rotatable bonds is 5. The number of ether oxygens (including phenoxy) is 2. The summed E-state index contributed by atoms with van der Waals surface area (Å²) in [5, 5.41) is 0.823. The molecule has 0 N–H and O–H groups in total. The van der Waals surface area contributed by atoms with Crippen LogP contribution >= 0.6 is 0 Å². The average Bonchev–Trinajstić information content (AvgIpc) is 2.79. The van der Waals surface area contributed by atoms with Gasteiger partial charge in [0.15, 0.2) is 0 Å². The Morgan fingerprint density at radius 2 is 1.71 bits per heavy atom. The third-order valence-electron chi connectivity index (χ3n) is 5.39. The zero-order chi connectivity index (χ0) is 22.0. The molecular formula is C26H22O5. The molecule has 0 bridgehead atoms. The number of hydrogen-bond donors (Lipinski definition) is 0. The van der Waals surface area contributed by atoms with Gasteiger partial charge in [-0.2, -0.15) is 0 Å². The zero-order valence-electron chi connectivity index (χ0n) is 17.6. The first-order valence-corrected chi connectivity index (χ1v) is 9.94. The predicted molar refractivity (Wildman–Crippen MR) is 119 cm³/mol. The van der Waals surface area contributed by atoms with Gasteiger partial charge in [-0.05, 0) is 55.3 Å². The van der Waals surface area contributed by atoms with Gasteiger partial charge in [0.05, 0.1) is 12.7 Å². The quantitative estimate of drug-likeness (QED) is 0.254. The Balaban J connectivity index is 1.70. The van der Waals surface area contributed by atoms with Gasteiger partial charge in [0.1, 0.15) is 17.1 Å². The van der Waals surface area contributed by atoms with Gasteiger partial charge in [0.25, 0.3) is 0 Å². The maximum absolute atomic E-state index is 12.7. The minimum absolute atomic E-state index is 0.346. The van der Waals surface area contributed by atoms with E-state index in [1.165, 1.54) is 7.11 Å². The van der Waals surface area contributed by atoms with E-state index < -0.39 is 5.97 Å². The third kappa shape index (κ3) is 4.08. The highest BCUT2D eigenvalue weighted by atomic mass is 16.5. The van der Waals surface area contributed by atoms with Crippen LogP contribution in [0.15, 0.2) is 75.9 Å². The van der Waals surface area contributed by atoms with Gasteiger partial charge in [-0.1, -0.05) is 36.4 Å². The van der Waals surface area contributed by atoms with Crippen molar-refractivity contribution in [3.05, 3.63) is 105 Å². The third-order valence-corrected chi connectivity index (χ3v) is 5.39. The summed E-state index contributed by atoms with van der Waals surface area (Å²) in [4.78, 5) is 25.3. The molecular weight excluding hydrogens is 392 g/mol. The lowest BCUT2D eigenvalue weighted by atomic mass is 9.98. The fourth-order valence-electron chi connectivity index (χ4n) is 3.59. The molecule has 4 aromatic rings. The van der Waals surface area contributed by atoms with Crippen LogP contribution in [-0.2, 0) is 6.42 Å². The van der Waals surface area contributed by atoms with Crippen molar-refractivity contribution in [2.75, 3.05) is 7.11 Å². The molecule has 31 heavy (non-hydrogen) atoms. The number of carbonyl (C=O) groups is 1. The van der Waals surface area contributed by atoms with Crippen LogP contribution in [0, 0.1) is 13.8 Å². The SMILES string of the molecule is COc1cccc(C(=O)Oc2ccc3c(C)c(Cc4ccccc4)c(=O)oc3c2C)c1. The van der Waals surface area contributed by atoms with Crippen LogP contribution in [0.3, 0.4) is 0 Å². The molecule has 1 heterocycles. The second kappa shape index (κ2) is 8.48. The number of esters is 1. The van der Waals surface area contributed by atoms with Gasteiger partial charge in [-0.3, -0.25) is 0 Å². The van der Waals surface area contributed by atoms with E-state index in [2.05, 4.69) is 0 Å². The maximum atomic E-state index is 12.7. The molecule has 0 spiro atoms. The van der Waals surface area contributed by atoms with Gasteiger partial charge >= 0.3 is 11.6 Å². The average molecular weight is 414 g/mol. The van der Waals surface area contributed by atoms with Crippen LogP contribution in [0.2, 0.25) is 0 Å². The molecule has 0 radical (unpaired) electrons. The van der Waals surface area contributed by atoms with Crippen LogP contribution in [0.5, 0.6) is 11.5 Å². The zero-order valence-corrected chi connectivity index (χ0v) is 17.6. The largest absolute Gasteiger partial charge is 0.497 e. The first-order chi connectivity index (χ1) is 15.0. The lowest BCUT2D eigenvalue weighted by Crippen LogP contribution is -2.12. The number of hydrogen-bond acceptors (Lipinski definition) is 5. The van der Waals surface area contributed by atoms with Gasteiger partial charge in [0.2, 0.25) is 0 Å². The Bertz CT molecular complexity index is 1320. The van der Waals surface area contributed by atoms with Gasteiger partial charge in [-0.15, -0.1) is 0 Å². The number of benzene rings is 3. The Hall–Kier alpha value is -3.86. The molecule has 0 amide bonds. The summed E-state index contributed by atoms with van der Waals surface area (Å²) >= 11 is 0. The van der Waals surface area contributed by atoms with Gasteiger partial charge in [0, 0.05) is 22.9 Å². The second-order valence-electron chi connectivity index (χ2n) is 7.34. The number of carbonyl (C=O) groups excluding carboxylic acids is 1. The summed E-state index contributed by atoms with van der Waals surface area (Å²) in [6, 6.07) is 20.1. The van der Waals surface area contributed by atoms with E-state index in [-0.39, 0.29) is 5.63 Å². The molecule has 0 unspecified atom stereocenters. The molecule has 0 aliphatic carbocycles. The molecule has 1 aromatic heterocycles. The van der Waals surface area contributed by atoms with Crippen molar-refractivity contribution in [3.63, 3.8) is 0 Å². The molecule has 0 fully saturated rings. The van der Waals surface area contributed by atoms with Crippen molar-refractivity contribution >= 4 is 16.9 Å². The molecule has 4 rings (SSSR count). The van der Waals surface area contributed by atoms with Crippen LogP contribution in [0.25, 0.3) is 11.0 Å². The Morgan fingerprint density at radius 3 is 2.45 bits per heavy atom. The molecule has 0 saturated heterocycles. The first-order valence-electron chi connectivity index (χ1n) is 9.94. The first kappa shape index (κ1) is 20.4. The Labute approximate surface area is 179 Å². The minimum Gasteiger partial charge on any atom is -0.497 e.